The van der Waals surface area contributed by atoms with Crippen LogP contribution in [0.3, 0.4) is 0 Å². The third-order valence-electron chi connectivity index (χ3n) is 2.56. The third kappa shape index (κ3) is 4.25. The fraction of sp³-hybridized carbons (Fsp3) is 0.133. The SMILES string of the molecule is Cc1cccc(OCC(=O)Nc2ccc(Br)cc2Cl)c1. The molecule has 20 heavy (non-hydrogen) atoms. The van der Waals surface area contributed by atoms with Gasteiger partial charge in [0.25, 0.3) is 5.91 Å². The average molecular weight is 355 g/mol. The lowest BCUT2D eigenvalue weighted by atomic mass is 10.2. The van der Waals surface area contributed by atoms with Gasteiger partial charge in [0, 0.05) is 4.47 Å². The molecular formula is C15H13BrClNO2. The zero-order valence-electron chi connectivity index (χ0n) is 10.8. The highest BCUT2D eigenvalue weighted by Gasteiger charge is 2.07. The molecule has 0 saturated carbocycles. The molecule has 1 amide bonds. The first kappa shape index (κ1) is 14.9. The molecule has 0 unspecified atom stereocenters. The number of carbonyl (C=O) groups excluding carboxylic acids is 1. The van der Waals surface area contributed by atoms with Gasteiger partial charge in [-0.3, -0.25) is 4.79 Å². The average Bonchev–Trinajstić information content (AvgIpc) is 2.40. The van der Waals surface area contributed by atoms with E-state index in [-0.39, 0.29) is 12.5 Å². The molecule has 0 bridgehead atoms. The number of rotatable bonds is 4. The topological polar surface area (TPSA) is 38.3 Å². The molecule has 0 spiro atoms. The van der Waals surface area contributed by atoms with Gasteiger partial charge in [-0.25, -0.2) is 0 Å². The summed E-state index contributed by atoms with van der Waals surface area (Å²) < 4.78 is 6.28. The second-order valence-corrected chi connectivity index (χ2v) is 5.60. The van der Waals surface area contributed by atoms with Gasteiger partial charge < -0.3 is 10.1 Å². The minimum Gasteiger partial charge on any atom is -0.484 e. The molecule has 3 nitrogen and oxygen atoms in total. The van der Waals surface area contributed by atoms with Crippen molar-refractivity contribution in [2.75, 3.05) is 11.9 Å². The van der Waals surface area contributed by atoms with Gasteiger partial charge in [0.05, 0.1) is 10.7 Å². The summed E-state index contributed by atoms with van der Waals surface area (Å²) in [6, 6.07) is 12.8. The van der Waals surface area contributed by atoms with Crippen LogP contribution in [0, 0.1) is 6.92 Å². The predicted molar refractivity (Wildman–Crippen MR) is 84.5 cm³/mol. The lowest BCUT2D eigenvalue weighted by Gasteiger charge is -2.09. The number of ether oxygens (including phenoxy) is 1. The number of anilines is 1. The van der Waals surface area contributed by atoms with Gasteiger partial charge in [-0.2, -0.15) is 0 Å². The number of carbonyl (C=O) groups is 1. The summed E-state index contributed by atoms with van der Waals surface area (Å²) in [5.41, 5.74) is 1.64. The van der Waals surface area contributed by atoms with Crippen molar-refractivity contribution in [1.29, 1.82) is 0 Å². The Bertz CT molecular complexity index is 631. The molecule has 0 fully saturated rings. The smallest absolute Gasteiger partial charge is 0.262 e. The standard InChI is InChI=1S/C15H13BrClNO2/c1-10-3-2-4-12(7-10)20-9-15(19)18-14-6-5-11(16)8-13(14)17/h2-8H,9H2,1H3,(H,18,19). The first-order chi connectivity index (χ1) is 9.54. The van der Waals surface area contributed by atoms with Crippen LogP contribution in [0.1, 0.15) is 5.56 Å². The van der Waals surface area contributed by atoms with Crippen molar-refractivity contribution in [3.63, 3.8) is 0 Å². The van der Waals surface area contributed by atoms with Crippen LogP contribution in [0.2, 0.25) is 5.02 Å². The van der Waals surface area contributed by atoms with E-state index >= 15 is 0 Å². The van der Waals surface area contributed by atoms with Crippen LogP contribution < -0.4 is 10.1 Å². The highest BCUT2D eigenvalue weighted by Crippen LogP contribution is 2.25. The molecule has 0 aliphatic carbocycles. The lowest BCUT2D eigenvalue weighted by molar-refractivity contribution is -0.118. The summed E-state index contributed by atoms with van der Waals surface area (Å²) in [5.74, 6) is 0.415. The van der Waals surface area contributed by atoms with Gasteiger partial charge in [0.1, 0.15) is 5.75 Å². The highest BCUT2D eigenvalue weighted by molar-refractivity contribution is 9.10. The number of halogens is 2. The van der Waals surface area contributed by atoms with E-state index < -0.39 is 0 Å². The molecule has 2 aromatic carbocycles. The zero-order valence-corrected chi connectivity index (χ0v) is 13.2. The van der Waals surface area contributed by atoms with Crippen LogP contribution in [0.15, 0.2) is 46.9 Å². The maximum Gasteiger partial charge on any atom is 0.262 e. The van der Waals surface area contributed by atoms with E-state index in [1.165, 1.54) is 0 Å². The summed E-state index contributed by atoms with van der Waals surface area (Å²) in [6.45, 7) is 1.91. The third-order valence-corrected chi connectivity index (χ3v) is 3.37. The van der Waals surface area contributed by atoms with E-state index in [1.54, 1.807) is 12.1 Å². The van der Waals surface area contributed by atoms with Gasteiger partial charge in [-0.15, -0.1) is 0 Å². The number of amides is 1. The maximum absolute atomic E-state index is 11.8. The molecule has 0 aliphatic rings. The number of hydrogen-bond acceptors (Lipinski definition) is 2. The molecule has 0 aliphatic heterocycles. The summed E-state index contributed by atoms with van der Waals surface area (Å²) in [4.78, 5) is 11.8. The van der Waals surface area contributed by atoms with E-state index in [0.717, 1.165) is 10.0 Å². The Balaban J connectivity index is 1.92. The van der Waals surface area contributed by atoms with Crippen molar-refractivity contribution in [3.05, 3.63) is 57.5 Å². The first-order valence-electron chi connectivity index (χ1n) is 5.99. The van der Waals surface area contributed by atoms with Crippen LogP contribution >= 0.6 is 27.5 Å². The Hall–Kier alpha value is -1.52. The van der Waals surface area contributed by atoms with Gasteiger partial charge in [-0.1, -0.05) is 39.7 Å². The second-order valence-electron chi connectivity index (χ2n) is 4.28. The van der Waals surface area contributed by atoms with Crippen molar-refractivity contribution in [3.8, 4) is 5.75 Å². The summed E-state index contributed by atoms with van der Waals surface area (Å²) >= 11 is 9.33. The molecule has 2 aromatic rings. The van der Waals surface area contributed by atoms with Crippen LogP contribution in [-0.2, 0) is 4.79 Å². The predicted octanol–water partition coefficient (Wildman–Crippen LogP) is 4.43. The van der Waals surface area contributed by atoms with Crippen molar-refractivity contribution in [1.82, 2.24) is 0 Å². The molecule has 0 saturated heterocycles. The molecule has 0 radical (unpaired) electrons. The minimum absolute atomic E-state index is 0.0597. The molecule has 0 atom stereocenters. The summed E-state index contributed by atoms with van der Waals surface area (Å²) in [7, 11) is 0. The monoisotopic (exact) mass is 353 g/mol. The fourth-order valence-electron chi connectivity index (χ4n) is 1.63. The lowest BCUT2D eigenvalue weighted by Crippen LogP contribution is -2.20. The Kier molecular flexibility index (Phi) is 5.04. The zero-order chi connectivity index (χ0) is 14.5. The molecule has 2 rings (SSSR count). The van der Waals surface area contributed by atoms with E-state index in [0.29, 0.717) is 16.5 Å². The van der Waals surface area contributed by atoms with Crippen molar-refractivity contribution < 1.29 is 9.53 Å². The van der Waals surface area contributed by atoms with Crippen LogP contribution in [0.25, 0.3) is 0 Å². The van der Waals surface area contributed by atoms with Crippen molar-refractivity contribution in [2.45, 2.75) is 6.92 Å². The summed E-state index contributed by atoms with van der Waals surface area (Å²) in [6.07, 6.45) is 0. The Morgan fingerprint density at radius 2 is 2.10 bits per heavy atom. The van der Waals surface area contributed by atoms with Gasteiger partial charge in [0.2, 0.25) is 0 Å². The fourth-order valence-corrected chi connectivity index (χ4v) is 2.35. The van der Waals surface area contributed by atoms with E-state index in [1.807, 2.05) is 37.3 Å². The normalized spacial score (nSPS) is 10.2. The molecular weight excluding hydrogens is 342 g/mol. The molecule has 5 heteroatoms. The Morgan fingerprint density at radius 1 is 1.30 bits per heavy atom. The quantitative estimate of drug-likeness (QED) is 0.882. The van der Waals surface area contributed by atoms with Gasteiger partial charge in [-0.05, 0) is 42.8 Å². The van der Waals surface area contributed by atoms with Gasteiger partial charge >= 0.3 is 0 Å². The Morgan fingerprint density at radius 3 is 2.80 bits per heavy atom. The number of benzene rings is 2. The molecule has 0 heterocycles. The summed E-state index contributed by atoms with van der Waals surface area (Å²) in [5, 5.41) is 3.18. The largest absolute Gasteiger partial charge is 0.484 e. The molecule has 1 N–H and O–H groups in total. The van der Waals surface area contributed by atoms with E-state index in [4.69, 9.17) is 16.3 Å². The van der Waals surface area contributed by atoms with Crippen molar-refractivity contribution in [2.24, 2.45) is 0 Å². The number of hydrogen-bond donors (Lipinski definition) is 1. The van der Waals surface area contributed by atoms with E-state index in [2.05, 4.69) is 21.2 Å². The van der Waals surface area contributed by atoms with Crippen LogP contribution in [0.5, 0.6) is 5.75 Å². The molecule has 104 valence electrons. The highest BCUT2D eigenvalue weighted by atomic mass is 79.9. The number of nitrogens with one attached hydrogen (secondary N) is 1. The Labute approximate surface area is 131 Å². The maximum atomic E-state index is 11.8. The van der Waals surface area contributed by atoms with Crippen LogP contribution in [0.4, 0.5) is 5.69 Å². The van der Waals surface area contributed by atoms with Gasteiger partial charge in [0.15, 0.2) is 6.61 Å². The molecule has 0 aromatic heterocycles. The first-order valence-corrected chi connectivity index (χ1v) is 7.16. The van der Waals surface area contributed by atoms with E-state index in [9.17, 15) is 4.79 Å². The van der Waals surface area contributed by atoms with Crippen LogP contribution in [-0.4, -0.2) is 12.5 Å². The minimum atomic E-state index is -0.254. The number of aryl methyl sites for hydroxylation is 1. The second kappa shape index (κ2) is 6.77. The van der Waals surface area contributed by atoms with Crippen molar-refractivity contribution >= 4 is 39.1 Å².